The summed E-state index contributed by atoms with van der Waals surface area (Å²) >= 11 is 0. The molecule has 32 heavy (non-hydrogen) atoms. The van der Waals surface area contributed by atoms with Gasteiger partial charge in [0.25, 0.3) is 0 Å². The van der Waals surface area contributed by atoms with Crippen LogP contribution in [-0.2, 0) is 24.2 Å². The third-order valence-electron chi connectivity index (χ3n) is 6.06. The Labute approximate surface area is 207 Å². The van der Waals surface area contributed by atoms with Gasteiger partial charge in [0.1, 0.15) is 5.75 Å². The maximum atomic E-state index is 12.4. The van der Waals surface area contributed by atoms with Crippen LogP contribution >= 0.6 is 24.0 Å². The predicted octanol–water partition coefficient (Wildman–Crippen LogP) is 4.28. The number of benzene rings is 2. The molecule has 2 aromatic rings. The van der Waals surface area contributed by atoms with E-state index in [1.54, 1.807) is 7.05 Å². The summed E-state index contributed by atoms with van der Waals surface area (Å²) in [5.41, 5.74) is 4.57. The molecular weight excluding hydrogens is 515 g/mol. The van der Waals surface area contributed by atoms with Crippen molar-refractivity contribution >= 4 is 41.5 Å². The van der Waals surface area contributed by atoms with Crippen LogP contribution in [0.3, 0.4) is 0 Å². The maximum Gasteiger partial charge on any atom is 0.227 e. The van der Waals surface area contributed by atoms with Gasteiger partial charge < -0.3 is 20.7 Å². The number of aliphatic imine (C=N–C) groups is 1. The Hall–Kier alpha value is -2.29. The van der Waals surface area contributed by atoms with Crippen LogP contribution in [0.5, 0.6) is 5.75 Å². The first-order valence-electron chi connectivity index (χ1n) is 11.3. The van der Waals surface area contributed by atoms with E-state index in [4.69, 9.17) is 4.74 Å². The van der Waals surface area contributed by atoms with Gasteiger partial charge in [-0.2, -0.15) is 0 Å². The summed E-state index contributed by atoms with van der Waals surface area (Å²) in [6, 6.07) is 14.5. The predicted molar refractivity (Wildman–Crippen MR) is 140 cm³/mol. The molecular formula is C25H33IN4O2. The van der Waals surface area contributed by atoms with E-state index in [2.05, 4.69) is 45.2 Å². The minimum Gasteiger partial charge on any atom is -0.493 e. The third kappa shape index (κ3) is 6.60. The SMILES string of the molecule is CN=C(NCCc1ccc2c(c1)CCO2)NCc1cccc(NC(=O)C2CCCC2)c1.I. The molecule has 7 heteroatoms. The first-order chi connectivity index (χ1) is 15.2. The molecule has 1 aliphatic carbocycles. The Morgan fingerprint density at radius 3 is 2.75 bits per heavy atom. The van der Waals surface area contributed by atoms with Gasteiger partial charge >= 0.3 is 0 Å². The number of halogens is 1. The number of ether oxygens (including phenoxy) is 1. The number of anilines is 1. The molecule has 0 saturated heterocycles. The first-order valence-corrected chi connectivity index (χ1v) is 11.3. The molecule has 1 saturated carbocycles. The van der Waals surface area contributed by atoms with E-state index in [0.29, 0.717) is 6.54 Å². The Bertz CT molecular complexity index is 941. The second-order valence-electron chi connectivity index (χ2n) is 8.31. The first kappa shape index (κ1) is 24.4. The van der Waals surface area contributed by atoms with E-state index in [1.807, 2.05) is 18.2 Å². The molecule has 0 unspecified atom stereocenters. The van der Waals surface area contributed by atoms with Gasteiger partial charge in [0.05, 0.1) is 6.61 Å². The van der Waals surface area contributed by atoms with E-state index < -0.39 is 0 Å². The van der Waals surface area contributed by atoms with Crippen molar-refractivity contribution in [3.05, 3.63) is 59.2 Å². The quantitative estimate of drug-likeness (QED) is 0.275. The highest BCUT2D eigenvalue weighted by molar-refractivity contribution is 14.0. The summed E-state index contributed by atoms with van der Waals surface area (Å²) in [5.74, 6) is 2.11. The molecule has 1 aliphatic heterocycles. The zero-order chi connectivity index (χ0) is 21.5. The minimum absolute atomic E-state index is 0. The number of hydrogen-bond acceptors (Lipinski definition) is 3. The second kappa shape index (κ2) is 12.1. The molecule has 6 nitrogen and oxygen atoms in total. The fourth-order valence-corrected chi connectivity index (χ4v) is 4.32. The van der Waals surface area contributed by atoms with E-state index in [1.165, 1.54) is 11.1 Å². The molecule has 0 radical (unpaired) electrons. The van der Waals surface area contributed by atoms with Gasteiger partial charge in [0.15, 0.2) is 5.96 Å². The zero-order valence-corrected chi connectivity index (χ0v) is 21.0. The van der Waals surface area contributed by atoms with Crippen LogP contribution in [-0.4, -0.2) is 32.1 Å². The van der Waals surface area contributed by atoms with E-state index in [0.717, 1.165) is 74.6 Å². The molecule has 3 N–H and O–H groups in total. The van der Waals surface area contributed by atoms with Gasteiger partial charge in [-0.05, 0) is 54.2 Å². The lowest BCUT2D eigenvalue weighted by Crippen LogP contribution is -2.37. The van der Waals surface area contributed by atoms with E-state index in [-0.39, 0.29) is 35.8 Å². The highest BCUT2D eigenvalue weighted by atomic mass is 127. The minimum atomic E-state index is 0. The van der Waals surface area contributed by atoms with Gasteiger partial charge in [-0.15, -0.1) is 24.0 Å². The fourth-order valence-electron chi connectivity index (χ4n) is 4.32. The van der Waals surface area contributed by atoms with Crippen molar-refractivity contribution in [2.45, 2.75) is 45.1 Å². The number of carbonyl (C=O) groups is 1. The summed E-state index contributed by atoms with van der Waals surface area (Å²) in [5, 5.41) is 9.81. The standard InChI is InChI=1S/C25H32N4O2.HI/c1-26-25(27-13-11-18-9-10-23-21(15-18)12-14-31-23)28-17-19-5-4-8-22(16-19)29-24(30)20-6-2-3-7-20;/h4-5,8-10,15-16,20H,2-3,6-7,11-14,17H2,1H3,(H,29,30)(H2,26,27,28);1H. The van der Waals surface area contributed by atoms with E-state index >= 15 is 0 Å². The summed E-state index contributed by atoms with van der Waals surface area (Å²) in [4.78, 5) is 16.7. The average Bonchev–Trinajstić information content (AvgIpc) is 3.48. The molecule has 0 bridgehead atoms. The molecule has 4 rings (SSSR count). The Morgan fingerprint density at radius 2 is 1.94 bits per heavy atom. The highest BCUT2D eigenvalue weighted by Crippen LogP contribution is 2.27. The van der Waals surface area contributed by atoms with Gasteiger partial charge in [-0.1, -0.05) is 37.1 Å². The summed E-state index contributed by atoms with van der Waals surface area (Å²) in [7, 11) is 1.78. The van der Waals surface area contributed by atoms with Gasteiger partial charge in [0, 0.05) is 38.2 Å². The number of nitrogens with zero attached hydrogens (tertiary/aromatic N) is 1. The van der Waals surface area contributed by atoms with Crippen LogP contribution in [0.4, 0.5) is 5.69 Å². The van der Waals surface area contributed by atoms with Crippen molar-refractivity contribution in [3.8, 4) is 5.75 Å². The molecule has 0 aromatic heterocycles. The molecule has 1 fully saturated rings. The average molecular weight is 548 g/mol. The lowest BCUT2D eigenvalue weighted by atomic mass is 10.1. The molecule has 172 valence electrons. The highest BCUT2D eigenvalue weighted by Gasteiger charge is 2.22. The largest absolute Gasteiger partial charge is 0.493 e. The lowest BCUT2D eigenvalue weighted by Gasteiger charge is -2.14. The van der Waals surface area contributed by atoms with Crippen molar-refractivity contribution in [2.75, 3.05) is 25.5 Å². The van der Waals surface area contributed by atoms with Crippen LogP contribution in [0.2, 0.25) is 0 Å². The number of rotatable bonds is 7. The summed E-state index contributed by atoms with van der Waals surface area (Å²) < 4.78 is 5.57. The molecule has 2 aliphatic rings. The maximum absolute atomic E-state index is 12.4. The summed E-state index contributed by atoms with van der Waals surface area (Å²) in [6.07, 6.45) is 6.27. The Morgan fingerprint density at radius 1 is 1.09 bits per heavy atom. The van der Waals surface area contributed by atoms with Crippen molar-refractivity contribution in [3.63, 3.8) is 0 Å². The Balaban J connectivity index is 0.00000289. The van der Waals surface area contributed by atoms with Crippen molar-refractivity contribution < 1.29 is 9.53 Å². The smallest absolute Gasteiger partial charge is 0.227 e. The van der Waals surface area contributed by atoms with Crippen LogP contribution in [0.15, 0.2) is 47.5 Å². The van der Waals surface area contributed by atoms with Crippen LogP contribution in [0.1, 0.15) is 42.4 Å². The van der Waals surface area contributed by atoms with Gasteiger partial charge in [0.2, 0.25) is 5.91 Å². The van der Waals surface area contributed by atoms with Crippen molar-refractivity contribution in [1.82, 2.24) is 10.6 Å². The Kier molecular flexibility index (Phi) is 9.20. The summed E-state index contributed by atoms with van der Waals surface area (Å²) in [6.45, 7) is 2.23. The molecule has 1 heterocycles. The number of hydrogen-bond donors (Lipinski definition) is 3. The molecule has 0 spiro atoms. The van der Waals surface area contributed by atoms with Crippen LogP contribution < -0.4 is 20.7 Å². The topological polar surface area (TPSA) is 74.8 Å². The number of nitrogens with one attached hydrogen (secondary N) is 3. The molecule has 1 amide bonds. The van der Waals surface area contributed by atoms with Gasteiger partial charge in [-0.25, -0.2) is 0 Å². The van der Waals surface area contributed by atoms with Crippen LogP contribution in [0, 0.1) is 5.92 Å². The molecule has 2 aromatic carbocycles. The van der Waals surface area contributed by atoms with Crippen LogP contribution in [0.25, 0.3) is 0 Å². The normalized spacial score (nSPS) is 15.5. The third-order valence-corrected chi connectivity index (χ3v) is 6.06. The van der Waals surface area contributed by atoms with Gasteiger partial charge in [-0.3, -0.25) is 9.79 Å². The van der Waals surface area contributed by atoms with E-state index in [9.17, 15) is 4.79 Å². The number of fused-ring (bicyclic) bond motifs is 1. The molecule has 0 atom stereocenters. The monoisotopic (exact) mass is 548 g/mol. The number of guanidine groups is 1. The lowest BCUT2D eigenvalue weighted by molar-refractivity contribution is -0.119. The number of carbonyl (C=O) groups excluding carboxylic acids is 1. The van der Waals surface area contributed by atoms with Crippen molar-refractivity contribution in [1.29, 1.82) is 0 Å². The van der Waals surface area contributed by atoms with Crippen molar-refractivity contribution in [2.24, 2.45) is 10.9 Å². The second-order valence-corrected chi connectivity index (χ2v) is 8.31. The number of amides is 1. The fraction of sp³-hybridized carbons (Fsp3) is 0.440. The zero-order valence-electron chi connectivity index (χ0n) is 18.7.